The number of hydrogen-bond donors (Lipinski definition) is 1. The van der Waals surface area contributed by atoms with E-state index in [2.05, 4.69) is 13.8 Å². The number of halogens is 1. The van der Waals surface area contributed by atoms with E-state index in [1.54, 1.807) is 0 Å². The monoisotopic (exact) mass is 214 g/mol. The van der Waals surface area contributed by atoms with Crippen molar-refractivity contribution in [3.8, 4) is 0 Å². The van der Waals surface area contributed by atoms with Crippen LogP contribution in [0.4, 0.5) is 0 Å². The van der Waals surface area contributed by atoms with Crippen LogP contribution >= 0.6 is 11.6 Å². The predicted octanol–water partition coefficient (Wildman–Crippen LogP) is 2.15. The van der Waals surface area contributed by atoms with Crippen LogP contribution in [0.15, 0.2) is 0 Å². The van der Waals surface area contributed by atoms with Gasteiger partial charge in [-0.05, 0) is 38.0 Å². The Morgan fingerprint density at radius 2 is 2.00 bits per heavy atom. The van der Waals surface area contributed by atoms with E-state index in [-0.39, 0.29) is 40.5 Å². The summed E-state index contributed by atoms with van der Waals surface area (Å²) in [5.74, 6) is 1.03. The van der Waals surface area contributed by atoms with Gasteiger partial charge in [0.2, 0.25) is 0 Å². The number of hydrogen-bond acceptors (Lipinski definition) is 1. The second-order valence-corrected chi connectivity index (χ2v) is 5.54. The van der Waals surface area contributed by atoms with E-state index >= 15 is 0 Å². The summed E-state index contributed by atoms with van der Waals surface area (Å²) in [5.41, 5.74) is 0. The van der Waals surface area contributed by atoms with Crippen LogP contribution in [0, 0.1) is 11.8 Å². The average Bonchev–Trinajstić information content (AvgIpc) is 1.83. The van der Waals surface area contributed by atoms with E-state index < -0.39 is 0 Å². The molecule has 1 rings (SSSR count). The fourth-order valence-corrected chi connectivity index (χ4v) is 2.39. The summed E-state index contributed by atoms with van der Waals surface area (Å²) >= 11 is 6.18. The molecule has 0 saturated heterocycles. The molecule has 0 aliphatic heterocycles. The standard InChI is InChI=1S/C10H19ClO.Na.H/c1-7(2)8-4-5-10(3,11)6-9(8)12;;/h7-9,12H,4-6H2,1-3H3;;/t8-,9+,10+;;/m0../s1. The summed E-state index contributed by atoms with van der Waals surface area (Å²) in [6.07, 6.45) is 2.66. The molecule has 0 bridgehead atoms. The van der Waals surface area contributed by atoms with Crippen molar-refractivity contribution in [1.29, 1.82) is 0 Å². The predicted molar refractivity (Wildman–Crippen MR) is 59.6 cm³/mol. The molecule has 0 aromatic carbocycles. The molecule has 74 valence electrons. The van der Waals surface area contributed by atoms with Crippen LogP contribution < -0.4 is 0 Å². The van der Waals surface area contributed by atoms with Crippen LogP contribution in [-0.4, -0.2) is 45.6 Å². The summed E-state index contributed by atoms with van der Waals surface area (Å²) in [7, 11) is 0. The van der Waals surface area contributed by atoms with Crippen molar-refractivity contribution in [3.63, 3.8) is 0 Å². The van der Waals surface area contributed by atoms with Crippen LogP contribution in [-0.2, 0) is 0 Å². The van der Waals surface area contributed by atoms with Crippen molar-refractivity contribution in [3.05, 3.63) is 0 Å². The Balaban J connectivity index is 0.00000144. The summed E-state index contributed by atoms with van der Waals surface area (Å²) in [6.45, 7) is 6.36. The molecule has 0 aromatic heterocycles. The molecule has 3 atom stereocenters. The Labute approximate surface area is 109 Å². The van der Waals surface area contributed by atoms with Crippen LogP contribution in [0.25, 0.3) is 0 Å². The van der Waals surface area contributed by atoms with E-state index in [1.165, 1.54) is 0 Å². The molecular weight excluding hydrogens is 195 g/mol. The van der Waals surface area contributed by atoms with E-state index in [4.69, 9.17) is 11.6 Å². The second-order valence-electron chi connectivity index (χ2n) is 4.63. The molecule has 3 heteroatoms. The molecule has 1 saturated carbocycles. The number of aliphatic hydroxyl groups is 1. The summed E-state index contributed by atoms with van der Waals surface area (Å²) in [5, 5.41) is 9.79. The summed E-state index contributed by atoms with van der Waals surface area (Å²) in [6, 6.07) is 0. The third-order valence-electron chi connectivity index (χ3n) is 2.98. The van der Waals surface area contributed by atoms with Crippen LogP contribution in [0.3, 0.4) is 0 Å². The Morgan fingerprint density at radius 3 is 2.38 bits per heavy atom. The van der Waals surface area contributed by atoms with Gasteiger partial charge in [-0.2, -0.15) is 0 Å². The van der Waals surface area contributed by atoms with Crippen LogP contribution in [0.1, 0.15) is 40.0 Å². The van der Waals surface area contributed by atoms with Gasteiger partial charge < -0.3 is 5.11 Å². The van der Waals surface area contributed by atoms with E-state index in [0.717, 1.165) is 19.3 Å². The SMILES string of the molecule is CC(C)[C@@H]1CC[C@@](C)(Cl)C[C@H]1O.[NaH]. The summed E-state index contributed by atoms with van der Waals surface area (Å²) in [4.78, 5) is -0.162. The van der Waals surface area contributed by atoms with Crippen molar-refractivity contribution in [2.24, 2.45) is 11.8 Å². The van der Waals surface area contributed by atoms with Crippen LogP contribution in [0.2, 0.25) is 0 Å². The molecule has 0 radical (unpaired) electrons. The maximum atomic E-state index is 9.79. The molecular formula is C10H20ClNaO. The first-order valence-corrected chi connectivity index (χ1v) is 5.17. The van der Waals surface area contributed by atoms with Gasteiger partial charge in [-0.15, -0.1) is 11.6 Å². The molecule has 0 amide bonds. The number of aliphatic hydroxyl groups excluding tert-OH is 1. The number of rotatable bonds is 1. The quantitative estimate of drug-likeness (QED) is 0.524. The first-order chi connectivity index (χ1) is 5.42. The Morgan fingerprint density at radius 1 is 1.46 bits per heavy atom. The van der Waals surface area contributed by atoms with Crippen molar-refractivity contribution in [2.45, 2.75) is 51.0 Å². The fraction of sp³-hybridized carbons (Fsp3) is 1.00. The zero-order valence-corrected chi connectivity index (χ0v) is 8.93. The van der Waals surface area contributed by atoms with Crippen molar-refractivity contribution in [1.82, 2.24) is 0 Å². The molecule has 1 aliphatic carbocycles. The topological polar surface area (TPSA) is 20.2 Å². The number of alkyl halides is 1. The Hall–Kier alpha value is 1.25. The molecule has 1 nitrogen and oxygen atoms in total. The van der Waals surface area contributed by atoms with Crippen molar-refractivity contribution in [2.75, 3.05) is 0 Å². The van der Waals surface area contributed by atoms with Gasteiger partial charge in [0.1, 0.15) is 0 Å². The van der Waals surface area contributed by atoms with Gasteiger partial charge in [0.05, 0.1) is 6.10 Å². The van der Waals surface area contributed by atoms with Gasteiger partial charge in [-0.3, -0.25) is 0 Å². The van der Waals surface area contributed by atoms with E-state index in [9.17, 15) is 5.11 Å². The average molecular weight is 215 g/mol. The van der Waals surface area contributed by atoms with Gasteiger partial charge in [-0.1, -0.05) is 13.8 Å². The molecule has 0 unspecified atom stereocenters. The summed E-state index contributed by atoms with van der Waals surface area (Å²) < 4.78 is 0. The third-order valence-corrected chi connectivity index (χ3v) is 3.33. The molecule has 1 fully saturated rings. The van der Waals surface area contributed by atoms with Crippen molar-refractivity contribution < 1.29 is 5.11 Å². The second kappa shape index (κ2) is 5.37. The Bertz CT molecular complexity index is 159. The van der Waals surface area contributed by atoms with E-state index in [0.29, 0.717) is 11.8 Å². The normalized spacial score (nSPS) is 40.2. The van der Waals surface area contributed by atoms with Gasteiger partial charge >= 0.3 is 29.6 Å². The zero-order chi connectivity index (χ0) is 9.35. The third kappa shape index (κ3) is 4.09. The van der Waals surface area contributed by atoms with Gasteiger partial charge in [0.15, 0.2) is 0 Å². The van der Waals surface area contributed by atoms with Crippen molar-refractivity contribution >= 4 is 41.2 Å². The van der Waals surface area contributed by atoms with Gasteiger partial charge in [-0.25, -0.2) is 0 Å². The fourth-order valence-electron chi connectivity index (χ4n) is 2.13. The van der Waals surface area contributed by atoms with E-state index in [1.807, 2.05) is 6.92 Å². The molecule has 0 spiro atoms. The van der Waals surface area contributed by atoms with Gasteiger partial charge in [0, 0.05) is 4.87 Å². The Kier molecular flexibility index (Phi) is 5.88. The molecule has 13 heavy (non-hydrogen) atoms. The first-order valence-electron chi connectivity index (χ1n) is 4.79. The molecule has 0 heterocycles. The minimum absolute atomic E-state index is 0. The maximum absolute atomic E-state index is 9.79. The zero-order valence-electron chi connectivity index (χ0n) is 8.18. The first kappa shape index (κ1) is 14.2. The molecule has 1 aliphatic rings. The van der Waals surface area contributed by atoms with Gasteiger partial charge in [0.25, 0.3) is 0 Å². The minimum atomic E-state index is -0.193. The molecule has 0 aromatic rings. The van der Waals surface area contributed by atoms with Crippen LogP contribution in [0.5, 0.6) is 0 Å². The molecule has 1 N–H and O–H groups in total.